The molecule has 0 bridgehead atoms. The van der Waals surface area contributed by atoms with E-state index in [4.69, 9.17) is 17.3 Å². The van der Waals surface area contributed by atoms with Crippen molar-refractivity contribution in [2.24, 2.45) is 5.73 Å². The van der Waals surface area contributed by atoms with E-state index in [1.54, 1.807) is 0 Å². The van der Waals surface area contributed by atoms with Gasteiger partial charge in [-0.1, -0.05) is 31.0 Å². The summed E-state index contributed by atoms with van der Waals surface area (Å²) in [6, 6.07) is 6.14. The number of nitrogens with two attached hydrogens (primary N) is 1. The lowest BCUT2D eigenvalue weighted by atomic mass is 10.1. The number of halogens is 1. The van der Waals surface area contributed by atoms with Crippen LogP contribution >= 0.6 is 11.6 Å². The van der Waals surface area contributed by atoms with Crippen molar-refractivity contribution in [3.05, 3.63) is 35.0 Å². The predicted molar refractivity (Wildman–Crippen MR) is 74.6 cm³/mol. The van der Waals surface area contributed by atoms with Gasteiger partial charge in [0.15, 0.2) is 0 Å². The summed E-state index contributed by atoms with van der Waals surface area (Å²) in [6.45, 7) is 3.90. The van der Waals surface area contributed by atoms with Gasteiger partial charge in [-0.15, -0.1) is 0 Å². The summed E-state index contributed by atoms with van der Waals surface area (Å²) in [7, 11) is 0. The van der Waals surface area contributed by atoms with Crippen LogP contribution in [-0.2, 0) is 13.0 Å². The fourth-order valence-electron chi connectivity index (χ4n) is 2.26. The zero-order valence-electron chi connectivity index (χ0n) is 10.2. The highest BCUT2D eigenvalue weighted by Crippen LogP contribution is 2.26. The number of hydrogen-bond donors (Lipinski definition) is 1. The van der Waals surface area contributed by atoms with Crippen LogP contribution in [0.4, 0.5) is 0 Å². The van der Waals surface area contributed by atoms with Gasteiger partial charge in [-0.2, -0.15) is 0 Å². The SMILES string of the molecule is CCCc1cn(CCCN)c2cc(Cl)ccc12. The standard InChI is InChI=1S/C14H19ClN2/c1-2-4-11-10-17(8-3-7-16)14-9-12(15)5-6-13(11)14/h5-6,9-10H,2-4,7-8,16H2,1H3. The average Bonchev–Trinajstić information content (AvgIpc) is 2.65. The number of aryl methyl sites for hydroxylation is 2. The Hall–Kier alpha value is -0.990. The molecule has 0 atom stereocenters. The van der Waals surface area contributed by atoms with E-state index in [1.165, 1.54) is 22.9 Å². The van der Waals surface area contributed by atoms with Crippen LogP contribution in [-0.4, -0.2) is 11.1 Å². The zero-order valence-corrected chi connectivity index (χ0v) is 11.0. The molecule has 0 saturated heterocycles. The maximum Gasteiger partial charge on any atom is 0.0498 e. The van der Waals surface area contributed by atoms with Gasteiger partial charge >= 0.3 is 0 Å². The van der Waals surface area contributed by atoms with Crippen molar-refractivity contribution in [2.45, 2.75) is 32.7 Å². The summed E-state index contributed by atoms with van der Waals surface area (Å²) < 4.78 is 2.28. The number of fused-ring (bicyclic) bond motifs is 1. The third-order valence-corrected chi connectivity index (χ3v) is 3.28. The Morgan fingerprint density at radius 3 is 2.88 bits per heavy atom. The zero-order chi connectivity index (χ0) is 12.3. The minimum atomic E-state index is 0.726. The minimum absolute atomic E-state index is 0.726. The largest absolute Gasteiger partial charge is 0.347 e. The van der Waals surface area contributed by atoms with Gasteiger partial charge in [-0.25, -0.2) is 0 Å². The van der Waals surface area contributed by atoms with Gasteiger partial charge in [0.05, 0.1) is 0 Å². The van der Waals surface area contributed by atoms with Crippen LogP contribution in [0.25, 0.3) is 10.9 Å². The first kappa shape index (κ1) is 12.5. The molecule has 0 aliphatic carbocycles. The summed E-state index contributed by atoms with van der Waals surface area (Å²) in [5, 5.41) is 2.13. The molecule has 0 radical (unpaired) electrons. The van der Waals surface area contributed by atoms with E-state index in [2.05, 4.69) is 23.8 Å². The van der Waals surface area contributed by atoms with E-state index < -0.39 is 0 Å². The average molecular weight is 251 g/mol. The van der Waals surface area contributed by atoms with E-state index in [0.717, 1.165) is 31.0 Å². The molecule has 2 N–H and O–H groups in total. The van der Waals surface area contributed by atoms with Crippen molar-refractivity contribution in [3.63, 3.8) is 0 Å². The first-order valence-corrected chi connectivity index (χ1v) is 6.61. The van der Waals surface area contributed by atoms with Crippen LogP contribution in [0.5, 0.6) is 0 Å². The quantitative estimate of drug-likeness (QED) is 0.864. The molecule has 0 amide bonds. The summed E-state index contributed by atoms with van der Waals surface area (Å²) >= 11 is 6.07. The second-order valence-corrected chi connectivity index (χ2v) is 4.84. The van der Waals surface area contributed by atoms with Gasteiger partial charge in [0.2, 0.25) is 0 Å². The number of nitrogens with zero attached hydrogens (tertiary/aromatic N) is 1. The first-order valence-electron chi connectivity index (χ1n) is 6.23. The Balaban J connectivity index is 2.46. The van der Waals surface area contributed by atoms with Gasteiger partial charge in [-0.3, -0.25) is 0 Å². The molecule has 0 fully saturated rings. The van der Waals surface area contributed by atoms with E-state index in [1.807, 2.05) is 12.1 Å². The molecule has 92 valence electrons. The highest BCUT2D eigenvalue weighted by Gasteiger charge is 2.07. The molecular formula is C14H19ClN2. The molecule has 2 nitrogen and oxygen atoms in total. The van der Waals surface area contributed by atoms with Crippen LogP contribution in [0.15, 0.2) is 24.4 Å². The maximum atomic E-state index is 6.07. The summed E-state index contributed by atoms with van der Waals surface area (Å²) in [5.74, 6) is 0. The highest BCUT2D eigenvalue weighted by molar-refractivity contribution is 6.31. The maximum absolute atomic E-state index is 6.07. The fraction of sp³-hybridized carbons (Fsp3) is 0.429. The van der Waals surface area contributed by atoms with Crippen molar-refractivity contribution in [1.82, 2.24) is 4.57 Å². The summed E-state index contributed by atoms with van der Waals surface area (Å²) in [6.07, 6.45) is 5.54. The third kappa shape index (κ3) is 2.64. The van der Waals surface area contributed by atoms with E-state index in [-0.39, 0.29) is 0 Å². The van der Waals surface area contributed by atoms with Gasteiger partial charge in [0.25, 0.3) is 0 Å². The highest BCUT2D eigenvalue weighted by atomic mass is 35.5. The molecule has 0 aliphatic heterocycles. The molecule has 0 spiro atoms. The lowest BCUT2D eigenvalue weighted by molar-refractivity contribution is 0.668. The van der Waals surface area contributed by atoms with Crippen LogP contribution in [0.3, 0.4) is 0 Å². The minimum Gasteiger partial charge on any atom is -0.347 e. The molecule has 1 aromatic heterocycles. The number of aromatic nitrogens is 1. The van der Waals surface area contributed by atoms with Gasteiger partial charge in [-0.05, 0) is 37.1 Å². The number of hydrogen-bond acceptors (Lipinski definition) is 1. The Morgan fingerprint density at radius 1 is 1.35 bits per heavy atom. The number of rotatable bonds is 5. The number of benzene rings is 1. The van der Waals surface area contributed by atoms with Crippen LogP contribution in [0, 0.1) is 0 Å². The van der Waals surface area contributed by atoms with E-state index in [0.29, 0.717) is 0 Å². The van der Waals surface area contributed by atoms with Crippen molar-refractivity contribution < 1.29 is 0 Å². The van der Waals surface area contributed by atoms with Crippen LogP contribution in [0.2, 0.25) is 5.02 Å². The lowest BCUT2D eigenvalue weighted by Crippen LogP contribution is -2.04. The fourth-order valence-corrected chi connectivity index (χ4v) is 2.42. The molecule has 2 aromatic rings. The van der Waals surface area contributed by atoms with E-state index in [9.17, 15) is 0 Å². The summed E-state index contributed by atoms with van der Waals surface area (Å²) in [4.78, 5) is 0. The first-order chi connectivity index (χ1) is 8.26. The van der Waals surface area contributed by atoms with Crippen LogP contribution < -0.4 is 5.73 Å². The smallest absolute Gasteiger partial charge is 0.0498 e. The van der Waals surface area contributed by atoms with Crippen molar-refractivity contribution in [3.8, 4) is 0 Å². The van der Waals surface area contributed by atoms with Gasteiger partial charge in [0.1, 0.15) is 0 Å². The second kappa shape index (κ2) is 5.56. The van der Waals surface area contributed by atoms with Crippen molar-refractivity contribution >= 4 is 22.5 Å². The van der Waals surface area contributed by atoms with Crippen LogP contribution in [0.1, 0.15) is 25.3 Å². The Morgan fingerprint density at radius 2 is 2.18 bits per heavy atom. The normalized spacial score (nSPS) is 11.2. The van der Waals surface area contributed by atoms with Crippen molar-refractivity contribution in [1.29, 1.82) is 0 Å². The molecule has 3 heteroatoms. The molecular weight excluding hydrogens is 232 g/mol. The predicted octanol–water partition coefficient (Wildman–Crippen LogP) is 3.60. The Kier molecular flexibility index (Phi) is 4.08. The van der Waals surface area contributed by atoms with Crippen molar-refractivity contribution in [2.75, 3.05) is 6.54 Å². The second-order valence-electron chi connectivity index (χ2n) is 4.40. The summed E-state index contributed by atoms with van der Waals surface area (Å²) in [5.41, 5.74) is 8.22. The molecule has 0 aliphatic rings. The Labute approximate surface area is 107 Å². The molecule has 17 heavy (non-hydrogen) atoms. The third-order valence-electron chi connectivity index (χ3n) is 3.05. The Bertz CT molecular complexity index is 502. The van der Waals surface area contributed by atoms with Gasteiger partial charge < -0.3 is 10.3 Å². The molecule has 2 rings (SSSR count). The molecule has 0 saturated carbocycles. The van der Waals surface area contributed by atoms with Gasteiger partial charge in [0, 0.05) is 28.7 Å². The molecule has 1 heterocycles. The molecule has 0 unspecified atom stereocenters. The molecule has 1 aromatic carbocycles. The monoisotopic (exact) mass is 250 g/mol. The topological polar surface area (TPSA) is 30.9 Å². The van der Waals surface area contributed by atoms with E-state index >= 15 is 0 Å². The lowest BCUT2D eigenvalue weighted by Gasteiger charge is -2.03.